The normalized spacial score (nSPS) is 16.7. The second-order valence-corrected chi connectivity index (χ2v) is 3.25. The Bertz CT molecular complexity index is 58.4. The topological polar surface area (TPSA) is 20.2 Å². The second-order valence-electron chi connectivity index (χ2n) is 0.877. The summed E-state index contributed by atoms with van der Waals surface area (Å²) in [5.74, 6) is 0. The van der Waals surface area contributed by atoms with Crippen molar-refractivity contribution < 1.29 is 9.50 Å². The fourth-order valence-electron chi connectivity index (χ4n) is 0. The van der Waals surface area contributed by atoms with Crippen LogP contribution in [0.2, 0.25) is 0 Å². The van der Waals surface area contributed by atoms with Gasteiger partial charge in [-0.2, -0.15) is 0 Å². The summed E-state index contributed by atoms with van der Waals surface area (Å²) >= 11 is 14.3. The van der Waals surface area contributed by atoms with E-state index in [1.807, 2.05) is 0 Å². The second kappa shape index (κ2) is 2.35. The van der Waals surface area contributed by atoms with Crippen LogP contribution in [-0.2, 0) is 0 Å². The summed E-state index contributed by atoms with van der Waals surface area (Å²) in [6.45, 7) is 0. The van der Waals surface area contributed by atoms with Crippen molar-refractivity contribution in [2.45, 2.75) is 10.2 Å². The first-order valence-electron chi connectivity index (χ1n) is 1.33. The summed E-state index contributed by atoms with van der Waals surface area (Å²) in [4.78, 5) is 0. The van der Waals surface area contributed by atoms with Crippen LogP contribution in [0.25, 0.3) is 0 Å². The Morgan fingerprint density at radius 1 is 1.43 bits per heavy atom. The fourth-order valence-corrected chi connectivity index (χ4v) is 0. The Hall–Kier alpha value is 0.760. The van der Waals surface area contributed by atoms with Gasteiger partial charge in [-0.25, -0.2) is 4.39 Å². The van der Waals surface area contributed by atoms with E-state index in [0.29, 0.717) is 0 Å². The summed E-state index contributed by atoms with van der Waals surface area (Å²) in [7, 11) is 0. The summed E-state index contributed by atoms with van der Waals surface area (Å²) < 4.78 is 9.17. The minimum absolute atomic E-state index is 2.19. The van der Waals surface area contributed by atoms with Crippen LogP contribution in [0.1, 0.15) is 0 Å². The standard InChI is InChI=1S/C2H2Cl3FO/c3-2(4,5)1(6)7/h1,7H. The zero-order valence-corrected chi connectivity index (χ0v) is 5.30. The lowest BCUT2D eigenvalue weighted by Gasteiger charge is -2.08. The van der Waals surface area contributed by atoms with Gasteiger partial charge in [0, 0.05) is 0 Å². The van der Waals surface area contributed by atoms with Crippen molar-refractivity contribution in [2.24, 2.45) is 0 Å². The molecule has 0 saturated heterocycles. The molecule has 0 bridgehead atoms. The molecule has 0 radical (unpaired) electrons. The van der Waals surface area contributed by atoms with Crippen molar-refractivity contribution in [2.75, 3.05) is 0 Å². The molecule has 44 valence electrons. The molecule has 0 aliphatic heterocycles. The maximum atomic E-state index is 11.4. The van der Waals surface area contributed by atoms with E-state index < -0.39 is 10.2 Å². The highest BCUT2D eigenvalue weighted by Crippen LogP contribution is 2.30. The first-order valence-corrected chi connectivity index (χ1v) is 2.47. The minimum atomic E-state index is -2.41. The number of hydrogen-bond donors (Lipinski definition) is 1. The lowest BCUT2D eigenvalue weighted by molar-refractivity contribution is 0.0461. The molecular formula is C2H2Cl3FO. The van der Waals surface area contributed by atoms with Gasteiger partial charge in [0.15, 0.2) is 0 Å². The molecule has 0 heterocycles. The molecule has 0 aromatic carbocycles. The molecule has 0 aliphatic rings. The fraction of sp³-hybridized carbons (Fsp3) is 1.00. The van der Waals surface area contributed by atoms with Crippen molar-refractivity contribution in [1.82, 2.24) is 0 Å². The average molecular weight is 167 g/mol. The SMILES string of the molecule is OC(F)C(Cl)(Cl)Cl. The molecule has 0 rings (SSSR count). The predicted molar refractivity (Wildman–Crippen MR) is 27.4 cm³/mol. The van der Waals surface area contributed by atoms with Gasteiger partial charge in [-0.15, -0.1) is 0 Å². The Morgan fingerprint density at radius 3 is 1.57 bits per heavy atom. The van der Waals surface area contributed by atoms with E-state index in [4.69, 9.17) is 39.9 Å². The van der Waals surface area contributed by atoms with E-state index >= 15 is 0 Å². The predicted octanol–water partition coefficient (Wildman–Crippen LogP) is 1.64. The molecule has 0 aromatic heterocycles. The van der Waals surface area contributed by atoms with E-state index in [2.05, 4.69) is 0 Å². The lowest BCUT2D eigenvalue weighted by Crippen LogP contribution is -2.18. The van der Waals surface area contributed by atoms with Gasteiger partial charge in [0.2, 0.25) is 10.2 Å². The maximum Gasteiger partial charge on any atom is 0.245 e. The van der Waals surface area contributed by atoms with Crippen molar-refractivity contribution in [3.63, 3.8) is 0 Å². The van der Waals surface area contributed by atoms with E-state index in [0.717, 1.165) is 0 Å². The first-order chi connectivity index (χ1) is 2.94. The zero-order valence-electron chi connectivity index (χ0n) is 3.04. The Balaban J connectivity index is 3.54. The van der Waals surface area contributed by atoms with Crippen LogP contribution in [0, 0.1) is 0 Å². The van der Waals surface area contributed by atoms with Gasteiger partial charge in [0.25, 0.3) is 0 Å². The third-order valence-corrected chi connectivity index (χ3v) is 0.810. The molecule has 1 nitrogen and oxygen atoms in total. The van der Waals surface area contributed by atoms with E-state index in [1.54, 1.807) is 0 Å². The summed E-state index contributed by atoms with van der Waals surface area (Å²) in [5, 5.41) is 7.83. The van der Waals surface area contributed by atoms with Crippen LogP contribution in [0.15, 0.2) is 0 Å². The highest BCUT2D eigenvalue weighted by atomic mass is 35.6. The Morgan fingerprint density at radius 2 is 1.57 bits per heavy atom. The first kappa shape index (κ1) is 7.76. The molecule has 1 N–H and O–H groups in total. The average Bonchev–Trinajstić information content (AvgIpc) is 1.31. The summed E-state index contributed by atoms with van der Waals surface area (Å²) in [6, 6.07) is 0. The van der Waals surface area contributed by atoms with Crippen LogP contribution >= 0.6 is 34.8 Å². The van der Waals surface area contributed by atoms with Crippen molar-refractivity contribution >= 4 is 34.8 Å². The molecule has 0 aliphatic carbocycles. The minimum Gasteiger partial charge on any atom is -0.361 e. The number of hydrogen-bond acceptors (Lipinski definition) is 1. The van der Waals surface area contributed by atoms with Gasteiger partial charge in [0.1, 0.15) is 0 Å². The molecule has 1 atom stereocenters. The molecule has 0 amide bonds. The lowest BCUT2D eigenvalue weighted by atomic mass is 10.8. The van der Waals surface area contributed by atoms with Gasteiger partial charge < -0.3 is 5.11 Å². The van der Waals surface area contributed by atoms with Crippen molar-refractivity contribution in [3.8, 4) is 0 Å². The Labute approximate surface area is 55.0 Å². The maximum absolute atomic E-state index is 11.4. The van der Waals surface area contributed by atoms with Gasteiger partial charge >= 0.3 is 0 Å². The van der Waals surface area contributed by atoms with Crippen LogP contribution in [0.3, 0.4) is 0 Å². The highest BCUT2D eigenvalue weighted by Gasteiger charge is 2.30. The zero-order chi connectivity index (χ0) is 6.08. The van der Waals surface area contributed by atoms with Gasteiger partial charge in [-0.3, -0.25) is 0 Å². The number of aliphatic hydroxyl groups is 1. The van der Waals surface area contributed by atoms with E-state index in [1.165, 1.54) is 0 Å². The van der Waals surface area contributed by atoms with Crippen LogP contribution in [0.5, 0.6) is 0 Å². The quantitative estimate of drug-likeness (QED) is 0.544. The molecule has 0 fully saturated rings. The highest BCUT2D eigenvalue weighted by molar-refractivity contribution is 6.67. The van der Waals surface area contributed by atoms with Crippen molar-refractivity contribution in [3.05, 3.63) is 0 Å². The molecule has 0 aromatic rings. The molecule has 0 saturated carbocycles. The largest absolute Gasteiger partial charge is 0.361 e. The number of alkyl halides is 4. The molecular weight excluding hydrogens is 165 g/mol. The van der Waals surface area contributed by atoms with E-state index in [-0.39, 0.29) is 0 Å². The number of rotatable bonds is 0. The van der Waals surface area contributed by atoms with Crippen LogP contribution in [-0.4, -0.2) is 15.3 Å². The van der Waals surface area contributed by atoms with Crippen LogP contribution < -0.4 is 0 Å². The van der Waals surface area contributed by atoms with Gasteiger partial charge in [-0.1, -0.05) is 34.8 Å². The number of halogens is 4. The molecule has 5 heteroatoms. The summed E-state index contributed by atoms with van der Waals surface area (Å²) in [6.07, 6.45) is -2.41. The Kier molecular flexibility index (Phi) is 2.61. The van der Waals surface area contributed by atoms with Crippen molar-refractivity contribution in [1.29, 1.82) is 0 Å². The van der Waals surface area contributed by atoms with Crippen LogP contribution in [0.4, 0.5) is 4.39 Å². The monoisotopic (exact) mass is 166 g/mol. The van der Waals surface area contributed by atoms with E-state index in [9.17, 15) is 4.39 Å². The molecule has 0 spiro atoms. The van der Waals surface area contributed by atoms with Gasteiger partial charge in [0.05, 0.1) is 0 Å². The smallest absolute Gasteiger partial charge is 0.245 e. The third kappa shape index (κ3) is 3.35. The molecule has 7 heavy (non-hydrogen) atoms. The third-order valence-electron chi connectivity index (χ3n) is 0.270. The van der Waals surface area contributed by atoms with Gasteiger partial charge in [-0.05, 0) is 0 Å². The summed E-state index contributed by atoms with van der Waals surface area (Å²) in [5.41, 5.74) is 0. The molecule has 1 unspecified atom stereocenters. The number of aliphatic hydroxyl groups excluding tert-OH is 1.